The molecule has 0 aromatic carbocycles. The van der Waals surface area contributed by atoms with Crippen LogP contribution in [-0.4, -0.2) is 42.3 Å². The molecule has 0 radical (unpaired) electrons. The maximum atomic E-state index is 5.64. The van der Waals surface area contributed by atoms with E-state index in [4.69, 9.17) is 4.74 Å². The first-order valence-electron chi connectivity index (χ1n) is 7.32. The third-order valence-corrected chi connectivity index (χ3v) is 4.65. The molecular weight excluding hydrogens is 300 g/mol. The monoisotopic (exact) mass is 316 g/mol. The summed E-state index contributed by atoms with van der Waals surface area (Å²) in [5.74, 6) is 0.744. The first-order chi connectivity index (χ1) is 10.9. The van der Waals surface area contributed by atoms with Crippen LogP contribution in [0.4, 0.5) is 0 Å². The van der Waals surface area contributed by atoms with Crippen molar-refractivity contribution in [2.24, 2.45) is 0 Å². The van der Waals surface area contributed by atoms with Crippen LogP contribution in [-0.2, 0) is 17.0 Å². The van der Waals surface area contributed by atoms with Crippen molar-refractivity contribution >= 4 is 17.4 Å². The van der Waals surface area contributed by atoms with Gasteiger partial charge in [-0.15, -0.1) is 5.10 Å². The van der Waals surface area contributed by atoms with Gasteiger partial charge in [0.05, 0.1) is 18.3 Å². The quantitative estimate of drug-likeness (QED) is 0.668. The summed E-state index contributed by atoms with van der Waals surface area (Å²) >= 11 is 1.60. The van der Waals surface area contributed by atoms with Crippen molar-refractivity contribution in [1.82, 2.24) is 29.6 Å². The van der Waals surface area contributed by atoms with Crippen LogP contribution in [0.15, 0.2) is 35.7 Å². The fourth-order valence-electron chi connectivity index (χ4n) is 2.59. The molecule has 4 rings (SSSR count). The van der Waals surface area contributed by atoms with Gasteiger partial charge < -0.3 is 9.14 Å². The lowest BCUT2D eigenvalue weighted by atomic mass is 10.2. The van der Waals surface area contributed by atoms with Gasteiger partial charge in [-0.25, -0.2) is 9.67 Å². The van der Waals surface area contributed by atoms with Gasteiger partial charge in [0.15, 0.2) is 0 Å². The van der Waals surface area contributed by atoms with Crippen LogP contribution >= 0.6 is 11.8 Å². The van der Waals surface area contributed by atoms with Crippen molar-refractivity contribution in [2.75, 3.05) is 6.61 Å². The molecule has 0 spiro atoms. The highest BCUT2D eigenvalue weighted by Gasteiger charge is 2.19. The fraction of sp³-hybridized carbons (Fsp3) is 0.429. The number of ether oxygens (including phenoxy) is 1. The highest BCUT2D eigenvalue weighted by atomic mass is 32.2. The van der Waals surface area contributed by atoms with Gasteiger partial charge in [-0.05, 0) is 35.4 Å². The van der Waals surface area contributed by atoms with Crippen LogP contribution in [0.5, 0.6) is 0 Å². The minimum atomic E-state index is 0.234. The lowest BCUT2D eigenvalue weighted by Crippen LogP contribution is -2.16. The van der Waals surface area contributed by atoms with Crippen molar-refractivity contribution in [1.29, 1.82) is 0 Å². The van der Waals surface area contributed by atoms with Crippen LogP contribution in [0.3, 0.4) is 0 Å². The second-order valence-corrected chi connectivity index (χ2v) is 6.21. The number of imidazole rings is 1. The van der Waals surface area contributed by atoms with Gasteiger partial charge in [-0.2, -0.15) is 0 Å². The highest BCUT2D eigenvalue weighted by Crippen LogP contribution is 2.21. The predicted octanol–water partition coefficient (Wildman–Crippen LogP) is 1.79. The average molecular weight is 316 g/mol. The van der Waals surface area contributed by atoms with Crippen molar-refractivity contribution in [3.8, 4) is 0 Å². The van der Waals surface area contributed by atoms with E-state index in [2.05, 4.69) is 20.5 Å². The van der Waals surface area contributed by atoms with E-state index in [-0.39, 0.29) is 6.10 Å². The normalized spacial score (nSPS) is 18.3. The minimum absolute atomic E-state index is 0.234. The zero-order valence-electron chi connectivity index (χ0n) is 12.0. The van der Waals surface area contributed by atoms with Crippen molar-refractivity contribution in [3.05, 3.63) is 36.3 Å². The fourth-order valence-corrected chi connectivity index (χ4v) is 3.36. The predicted molar refractivity (Wildman–Crippen MR) is 81.5 cm³/mol. The second kappa shape index (κ2) is 6.05. The Bertz CT molecular complexity index is 730. The summed E-state index contributed by atoms with van der Waals surface area (Å²) in [4.78, 5) is 4.58. The molecule has 114 valence electrons. The van der Waals surface area contributed by atoms with Crippen molar-refractivity contribution in [3.63, 3.8) is 0 Å². The standard InChI is InChI=1S/C14H16N6OS/c1-2-6-19-8-11(15-13(19)5-1)10-22-14-16-17-18-20(14)9-12-4-3-7-21-12/h1-2,5-6,8,12H,3-4,7,9-10H2. The van der Waals surface area contributed by atoms with Crippen LogP contribution in [0.25, 0.3) is 5.65 Å². The number of pyridine rings is 1. The molecule has 1 fully saturated rings. The molecule has 1 unspecified atom stereocenters. The van der Waals surface area contributed by atoms with Gasteiger partial charge in [0.1, 0.15) is 5.65 Å². The summed E-state index contributed by atoms with van der Waals surface area (Å²) in [6.07, 6.45) is 6.47. The Morgan fingerprint density at radius 1 is 1.36 bits per heavy atom. The van der Waals surface area contributed by atoms with E-state index in [9.17, 15) is 0 Å². The molecular formula is C14H16N6OS. The third-order valence-electron chi connectivity index (χ3n) is 3.66. The summed E-state index contributed by atoms with van der Waals surface area (Å²) in [6.45, 7) is 1.57. The SMILES string of the molecule is c1ccn2cc(CSc3nnnn3CC3CCCO3)nc2c1. The summed E-state index contributed by atoms with van der Waals surface area (Å²) in [7, 11) is 0. The van der Waals surface area contributed by atoms with E-state index < -0.39 is 0 Å². The Hall–Kier alpha value is -1.93. The van der Waals surface area contributed by atoms with Crippen molar-refractivity contribution in [2.45, 2.75) is 36.4 Å². The van der Waals surface area contributed by atoms with Gasteiger partial charge in [-0.1, -0.05) is 17.8 Å². The molecule has 0 aliphatic carbocycles. The Morgan fingerprint density at radius 2 is 2.36 bits per heavy atom. The second-order valence-electron chi connectivity index (χ2n) is 5.27. The van der Waals surface area contributed by atoms with Crippen molar-refractivity contribution < 1.29 is 4.74 Å². The first-order valence-corrected chi connectivity index (χ1v) is 8.30. The summed E-state index contributed by atoms with van der Waals surface area (Å²) < 4.78 is 9.49. The summed E-state index contributed by atoms with van der Waals surface area (Å²) in [5.41, 5.74) is 1.97. The van der Waals surface area contributed by atoms with E-state index in [0.29, 0.717) is 0 Å². The Kier molecular flexibility index (Phi) is 3.77. The molecule has 0 N–H and O–H groups in total. The number of thioether (sulfide) groups is 1. The van der Waals surface area contributed by atoms with Gasteiger partial charge in [0, 0.05) is 24.8 Å². The maximum Gasteiger partial charge on any atom is 0.209 e. The number of hydrogen-bond donors (Lipinski definition) is 0. The lowest BCUT2D eigenvalue weighted by molar-refractivity contribution is 0.0912. The lowest BCUT2D eigenvalue weighted by Gasteiger charge is -2.09. The molecule has 3 aromatic rings. The van der Waals surface area contributed by atoms with Crippen LogP contribution in [0.2, 0.25) is 0 Å². The number of hydrogen-bond acceptors (Lipinski definition) is 6. The number of rotatable bonds is 5. The smallest absolute Gasteiger partial charge is 0.209 e. The number of aromatic nitrogens is 6. The molecule has 1 atom stereocenters. The zero-order chi connectivity index (χ0) is 14.8. The first kappa shape index (κ1) is 13.7. The van der Waals surface area contributed by atoms with E-state index in [1.165, 1.54) is 0 Å². The average Bonchev–Trinajstić information content (AvgIpc) is 3.26. The third kappa shape index (κ3) is 2.84. The molecule has 1 aliphatic heterocycles. The van der Waals surface area contributed by atoms with E-state index in [1.807, 2.05) is 39.7 Å². The molecule has 1 saturated heterocycles. The van der Waals surface area contributed by atoms with Crippen LogP contribution in [0, 0.1) is 0 Å². The zero-order valence-corrected chi connectivity index (χ0v) is 12.8. The minimum Gasteiger partial charge on any atom is -0.376 e. The summed E-state index contributed by atoms with van der Waals surface area (Å²) in [6, 6.07) is 5.98. The van der Waals surface area contributed by atoms with E-state index in [0.717, 1.165) is 48.2 Å². The molecule has 4 heterocycles. The summed E-state index contributed by atoms with van der Waals surface area (Å²) in [5, 5.41) is 12.8. The van der Waals surface area contributed by atoms with E-state index >= 15 is 0 Å². The van der Waals surface area contributed by atoms with E-state index in [1.54, 1.807) is 11.8 Å². The number of tetrazole rings is 1. The molecule has 3 aromatic heterocycles. The number of nitrogens with zero attached hydrogens (tertiary/aromatic N) is 6. The largest absolute Gasteiger partial charge is 0.376 e. The molecule has 8 heteroatoms. The maximum absolute atomic E-state index is 5.64. The van der Waals surface area contributed by atoms with Gasteiger partial charge in [0.25, 0.3) is 0 Å². The molecule has 0 saturated carbocycles. The molecule has 0 bridgehead atoms. The molecule has 0 amide bonds. The Balaban J connectivity index is 1.44. The Morgan fingerprint density at radius 3 is 3.23 bits per heavy atom. The molecule has 22 heavy (non-hydrogen) atoms. The topological polar surface area (TPSA) is 70.1 Å². The van der Waals surface area contributed by atoms with Gasteiger partial charge in [0.2, 0.25) is 5.16 Å². The highest BCUT2D eigenvalue weighted by molar-refractivity contribution is 7.98. The van der Waals surface area contributed by atoms with Gasteiger partial charge in [-0.3, -0.25) is 0 Å². The molecule has 7 nitrogen and oxygen atoms in total. The number of fused-ring (bicyclic) bond motifs is 1. The Labute approximate surface area is 131 Å². The van der Waals surface area contributed by atoms with Gasteiger partial charge >= 0.3 is 0 Å². The van der Waals surface area contributed by atoms with Crippen LogP contribution < -0.4 is 0 Å². The molecule has 1 aliphatic rings. The van der Waals surface area contributed by atoms with Crippen LogP contribution in [0.1, 0.15) is 18.5 Å².